The molecule has 0 aliphatic carbocycles. The van der Waals surface area contributed by atoms with Crippen LogP contribution in [0.5, 0.6) is 0 Å². The van der Waals surface area contributed by atoms with E-state index in [1.165, 1.54) is 11.3 Å². The van der Waals surface area contributed by atoms with Crippen molar-refractivity contribution < 1.29 is 9.59 Å². The summed E-state index contributed by atoms with van der Waals surface area (Å²) < 4.78 is 0. The Bertz CT molecular complexity index is 495. The van der Waals surface area contributed by atoms with Gasteiger partial charge in [-0.15, -0.1) is 11.3 Å². The van der Waals surface area contributed by atoms with Gasteiger partial charge >= 0.3 is 0 Å². The monoisotopic (exact) mass is 310 g/mol. The Morgan fingerprint density at radius 1 is 1.48 bits per heavy atom. The molecule has 0 spiro atoms. The van der Waals surface area contributed by atoms with Crippen molar-refractivity contribution in [2.24, 2.45) is 11.7 Å². The third-order valence-electron chi connectivity index (χ3n) is 3.63. The molecule has 1 aliphatic heterocycles. The number of hydrogen-bond donors (Lipinski definition) is 2. The van der Waals surface area contributed by atoms with E-state index in [4.69, 9.17) is 5.73 Å². The molecule has 6 nitrogen and oxygen atoms in total. The molecule has 0 saturated carbocycles. The van der Waals surface area contributed by atoms with Crippen LogP contribution in [0.4, 0.5) is 0 Å². The number of nitrogens with one attached hydrogen (secondary N) is 1. The van der Waals surface area contributed by atoms with Crippen molar-refractivity contribution >= 4 is 23.2 Å². The molecule has 2 amide bonds. The van der Waals surface area contributed by atoms with Gasteiger partial charge in [-0.25, -0.2) is 4.98 Å². The lowest BCUT2D eigenvalue weighted by Crippen LogP contribution is -2.43. The number of nitrogens with two attached hydrogens (primary N) is 1. The minimum absolute atomic E-state index is 0.0252. The second kappa shape index (κ2) is 7.51. The number of nitrogens with zero attached hydrogens (tertiary/aromatic N) is 2. The molecule has 2 rings (SSSR count). The number of thiazole rings is 1. The summed E-state index contributed by atoms with van der Waals surface area (Å²) in [7, 11) is 0. The minimum atomic E-state index is -0.0381. The van der Waals surface area contributed by atoms with Gasteiger partial charge in [0.15, 0.2) is 0 Å². The van der Waals surface area contributed by atoms with Crippen LogP contribution in [0.2, 0.25) is 0 Å². The number of amides is 2. The molecule has 1 fully saturated rings. The average Bonchev–Trinajstić information content (AvgIpc) is 2.96. The van der Waals surface area contributed by atoms with Gasteiger partial charge in [0, 0.05) is 37.4 Å². The third kappa shape index (κ3) is 4.01. The first kappa shape index (κ1) is 15.9. The summed E-state index contributed by atoms with van der Waals surface area (Å²) in [6.45, 7) is 4.34. The molecule has 7 heteroatoms. The first-order valence-electron chi connectivity index (χ1n) is 7.37. The predicted molar refractivity (Wildman–Crippen MR) is 82.2 cm³/mol. The lowest BCUT2D eigenvalue weighted by atomic mass is 9.96. The van der Waals surface area contributed by atoms with Crippen LogP contribution >= 0.6 is 11.3 Å². The maximum atomic E-state index is 12.4. The van der Waals surface area contributed by atoms with Gasteiger partial charge in [-0.2, -0.15) is 0 Å². The second-order valence-corrected chi connectivity index (χ2v) is 6.07. The van der Waals surface area contributed by atoms with Crippen LogP contribution in [-0.2, 0) is 11.2 Å². The summed E-state index contributed by atoms with van der Waals surface area (Å²) in [6, 6.07) is 0. The van der Waals surface area contributed by atoms with Crippen LogP contribution in [0.25, 0.3) is 0 Å². The van der Waals surface area contributed by atoms with Crippen LogP contribution in [0.15, 0.2) is 5.38 Å². The van der Waals surface area contributed by atoms with Crippen molar-refractivity contribution in [2.75, 3.05) is 26.2 Å². The van der Waals surface area contributed by atoms with Crippen molar-refractivity contribution in [1.82, 2.24) is 15.2 Å². The average molecular weight is 310 g/mol. The zero-order chi connectivity index (χ0) is 15.2. The van der Waals surface area contributed by atoms with Gasteiger partial charge in [0.2, 0.25) is 5.91 Å². The molecule has 1 aliphatic rings. The lowest BCUT2D eigenvalue weighted by molar-refractivity contribution is -0.126. The number of carbonyl (C=O) groups excluding carboxylic acids is 2. The maximum absolute atomic E-state index is 12.4. The molecular weight excluding hydrogens is 288 g/mol. The summed E-state index contributed by atoms with van der Waals surface area (Å²) >= 11 is 1.48. The summed E-state index contributed by atoms with van der Waals surface area (Å²) in [4.78, 5) is 30.3. The Morgan fingerprint density at radius 2 is 2.19 bits per heavy atom. The predicted octanol–water partition coefficient (Wildman–Crippen LogP) is 0.633. The van der Waals surface area contributed by atoms with Gasteiger partial charge in [0.05, 0.1) is 5.01 Å². The highest BCUT2D eigenvalue weighted by Crippen LogP contribution is 2.20. The van der Waals surface area contributed by atoms with E-state index in [2.05, 4.69) is 10.3 Å². The van der Waals surface area contributed by atoms with Crippen molar-refractivity contribution in [3.63, 3.8) is 0 Å². The van der Waals surface area contributed by atoms with Crippen molar-refractivity contribution in [1.29, 1.82) is 0 Å². The Balaban J connectivity index is 1.89. The lowest BCUT2D eigenvalue weighted by Gasteiger charge is -2.30. The number of carbonyl (C=O) groups is 2. The van der Waals surface area contributed by atoms with Gasteiger partial charge in [-0.3, -0.25) is 9.59 Å². The molecule has 1 aromatic heterocycles. The number of piperidine rings is 1. The quantitative estimate of drug-likeness (QED) is 0.835. The Hall–Kier alpha value is -1.47. The second-order valence-electron chi connectivity index (χ2n) is 5.13. The zero-order valence-corrected chi connectivity index (χ0v) is 13.1. The summed E-state index contributed by atoms with van der Waals surface area (Å²) in [5, 5.41) is 5.54. The van der Waals surface area contributed by atoms with Gasteiger partial charge in [-0.05, 0) is 26.3 Å². The first-order chi connectivity index (χ1) is 10.2. The maximum Gasteiger partial charge on any atom is 0.273 e. The molecule has 1 saturated heterocycles. The highest BCUT2D eigenvalue weighted by Gasteiger charge is 2.28. The van der Waals surface area contributed by atoms with Gasteiger partial charge in [0.1, 0.15) is 5.69 Å². The van der Waals surface area contributed by atoms with E-state index in [0.717, 1.165) is 17.8 Å². The van der Waals surface area contributed by atoms with Crippen molar-refractivity contribution in [3.8, 4) is 0 Å². The first-order valence-corrected chi connectivity index (χ1v) is 8.25. The van der Waals surface area contributed by atoms with E-state index in [9.17, 15) is 9.59 Å². The fraction of sp³-hybridized carbons (Fsp3) is 0.643. The van der Waals surface area contributed by atoms with E-state index in [0.29, 0.717) is 38.3 Å². The molecule has 0 radical (unpaired) electrons. The van der Waals surface area contributed by atoms with Gasteiger partial charge in [-0.1, -0.05) is 0 Å². The summed E-state index contributed by atoms with van der Waals surface area (Å²) in [6.07, 6.45) is 2.14. The smallest absolute Gasteiger partial charge is 0.273 e. The normalized spacial score (nSPS) is 16.0. The fourth-order valence-electron chi connectivity index (χ4n) is 2.47. The van der Waals surface area contributed by atoms with Crippen LogP contribution in [0, 0.1) is 5.92 Å². The molecule has 2 heterocycles. The SMILES string of the molecule is CCNC(=O)C1CCN(C(=O)c2csc(CCN)n2)CC1. The van der Waals surface area contributed by atoms with Gasteiger partial charge < -0.3 is 16.0 Å². The van der Waals surface area contributed by atoms with E-state index >= 15 is 0 Å². The van der Waals surface area contributed by atoms with Crippen LogP contribution in [-0.4, -0.2) is 47.9 Å². The van der Waals surface area contributed by atoms with E-state index in [1.54, 1.807) is 10.3 Å². The largest absolute Gasteiger partial charge is 0.356 e. The minimum Gasteiger partial charge on any atom is -0.356 e. The zero-order valence-electron chi connectivity index (χ0n) is 12.3. The molecule has 0 unspecified atom stereocenters. The Labute approximate surface area is 128 Å². The third-order valence-corrected chi connectivity index (χ3v) is 4.54. The van der Waals surface area contributed by atoms with E-state index in [-0.39, 0.29) is 17.7 Å². The highest BCUT2D eigenvalue weighted by molar-refractivity contribution is 7.09. The number of hydrogen-bond acceptors (Lipinski definition) is 5. The van der Waals surface area contributed by atoms with Crippen LogP contribution in [0.3, 0.4) is 0 Å². The molecule has 1 aromatic rings. The highest BCUT2D eigenvalue weighted by atomic mass is 32.1. The number of rotatable bonds is 5. The topological polar surface area (TPSA) is 88.3 Å². The summed E-state index contributed by atoms with van der Waals surface area (Å²) in [5.74, 6) is 0.0876. The number of aromatic nitrogens is 1. The van der Waals surface area contributed by atoms with E-state index in [1.807, 2.05) is 6.92 Å². The Morgan fingerprint density at radius 3 is 2.81 bits per heavy atom. The molecule has 21 heavy (non-hydrogen) atoms. The molecule has 0 atom stereocenters. The van der Waals surface area contributed by atoms with Gasteiger partial charge in [0.25, 0.3) is 5.91 Å². The number of likely N-dealkylation sites (tertiary alicyclic amines) is 1. The van der Waals surface area contributed by atoms with Crippen LogP contribution < -0.4 is 11.1 Å². The van der Waals surface area contributed by atoms with Crippen molar-refractivity contribution in [2.45, 2.75) is 26.2 Å². The van der Waals surface area contributed by atoms with Crippen LogP contribution in [0.1, 0.15) is 35.3 Å². The summed E-state index contributed by atoms with van der Waals surface area (Å²) in [5.41, 5.74) is 5.99. The Kier molecular flexibility index (Phi) is 5.69. The molecular formula is C14H22N4O2S. The standard InChI is InChI=1S/C14H22N4O2S/c1-2-16-13(19)10-4-7-18(8-5-10)14(20)11-9-21-12(17-11)3-6-15/h9-10H,2-8,15H2,1H3,(H,16,19). The van der Waals surface area contributed by atoms with E-state index < -0.39 is 0 Å². The molecule has 3 N–H and O–H groups in total. The molecule has 0 bridgehead atoms. The van der Waals surface area contributed by atoms with Crippen molar-refractivity contribution in [3.05, 3.63) is 16.1 Å². The fourth-order valence-corrected chi connectivity index (χ4v) is 3.26. The molecule has 0 aromatic carbocycles. The molecule has 116 valence electrons.